The molecule has 0 saturated carbocycles. The lowest BCUT2D eigenvalue weighted by atomic mass is 10.2. The van der Waals surface area contributed by atoms with Crippen LogP contribution in [0.3, 0.4) is 0 Å². The summed E-state index contributed by atoms with van der Waals surface area (Å²) >= 11 is 1.35. The molecule has 4 nitrogen and oxygen atoms in total. The van der Waals surface area contributed by atoms with E-state index in [-0.39, 0.29) is 17.4 Å². The Morgan fingerprint density at radius 3 is 2.21 bits per heavy atom. The molecular weight excluding hydrogens is 385 g/mol. The number of hydrogen-bond donors (Lipinski definition) is 0. The molecule has 0 fully saturated rings. The monoisotopic (exact) mass is 403 g/mol. The zero-order valence-electron chi connectivity index (χ0n) is 15.5. The lowest BCUT2D eigenvalue weighted by Gasteiger charge is -2.10. The third-order valence-electron chi connectivity index (χ3n) is 4.43. The second-order valence-corrected chi connectivity index (χ2v) is 7.41. The fourth-order valence-corrected chi connectivity index (χ4v) is 3.79. The van der Waals surface area contributed by atoms with E-state index in [2.05, 4.69) is 10.2 Å². The number of hydrogen-bond acceptors (Lipinski definition) is 4. The van der Waals surface area contributed by atoms with Crippen LogP contribution < -0.4 is 0 Å². The quantitative estimate of drug-likeness (QED) is 0.318. The van der Waals surface area contributed by atoms with Crippen LogP contribution in [0, 0.1) is 5.82 Å². The molecule has 0 unspecified atom stereocenters. The minimum atomic E-state index is -0.300. The van der Waals surface area contributed by atoms with Crippen LogP contribution in [0.5, 0.6) is 0 Å². The van der Waals surface area contributed by atoms with Gasteiger partial charge in [0.25, 0.3) is 0 Å². The van der Waals surface area contributed by atoms with Crippen molar-refractivity contribution in [3.05, 3.63) is 102 Å². The van der Waals surface area contributed by atoms with E-state index < -0.39 is 0 Å². The van der Waals surface area contributed by atoms with Gasteiger partial charge in [-0.25, -0.2) is 4.39 Å². The average Bonchev–Trinajstić information content (AvgIpc) is 3.16. The standard InChI is InChI=1S/C23H18FN3OS/c24-20-13-11-19(12-14-20)22-25-26-23(27(22)15-17-7-3-1-4-8-17)29-16-21(28)18-9-5-2-6-10-18/h1-14H,15-16H2. The van der Waals surface area contributed by atoms with E-state index in [1.54, 1.807) is 12.1 Å². The Kier molecular flexibility index (Phi) is 5.81. The minimum Gasteiger partial charge on any atom is -0.298 e. The van der Waals surface area contributed by atoms with Gasteiger partial charge in [-0.15, -0.1) is 10.2 Å². The number of thioether (sulfide) groups is 1. The molecule has 1 aromatic heterocycles. The van der Waals surface area contributed by atoms with Crippen LogP contribution >= 0.6 is 11.8 Å². The third-order valence-corrected chi connectivity index (χ3v) is 5.40. The summed E-state index contributed by atoms with van der Waals surface area (Å²) in [5, 5.41) is 9.28. The molecule has 6 heteroatoms. The molecule has 0 atom stereocenters. The zero-order valence-corrected chi connectivity index (χ0v) is 16.3. The summed E-state index contributed by atoms with van der Waals surface area (Å²) < 4.78 is 15.3. The van der Waals surface area contributed by atoms with Crippen molar-refractivity contribution in [3.8, 4) is 11.4 Å². The van der Waals surface area contributed by atoms with Gasteiger partial charge < -0.3 is 0 Å². The summed E-state index contributed by atoms with van der Waals surface area (Å²) in [6.45, 7) is 0.558. The maximum Gasteiger partial charge on any atom is 0.192 e. The zero-order chi connectivity index (χ0) is 20.1. The number of Topliss-reactive ketones (excluding diaryl/α,β-unsaturated/α-hetero) is 1. The van der Waals surface area contributed by atoms with Crippen molar-refractivity contribution in [2.75, 3.05) is 5.75 Å². The van der Waals surface area contributed by atoms with Crippen LogP contribution in [0.2, 0.25) is 0 Å². The Balaban J connectivity index is 1.62. The van der Waals surface area contributed by atoms with E-state index in [0.29, 0.717) is 23.1 Å². The Morgan fingerprint density at radius 2 is 1.52 bits per heavy atom. The summed E-state index contributed by atoms with van der Waals surface area (Å²) in [7, 11) is 0. The van der Waals surface area contributed by atoms with Crippen molar-refractivity contribution in [2.45, 2.75) is 11.7 Å². The number of aromatic nitrogens is 3. The van der Waals surface area contributed by atoms with Crippen molar-refractivity contribution < 1.29 is 9.18 Å². The van der Waals surface area contributed by atoms with Crippen LogP contribution in [0.25, 0.3) is 11.4 Å². The van der Waals surface area contributed by atoms with E-state index in [0.717, 1.165) is 11.1 Å². The van der Waals surface area contributed by atoms with Gasteiger partial charge in [-0.1, -0.05) is 72.4 Å². The average molecular weight is 403 g/mol. The predicted octanol–water partition coefficient (Wildman–Crippen LogP) is 5.11. The molecule has 3 aromatic carbocycles. The molecule has 0 saturated heterocycles. The van der Waals surface area contributed by atoms with Gasteiger partial charge in [0.1, 0.15) is 5.82 Å². The third kappa shape index (κ3) is 4.60. The first-order valence-electron chi connectivity index (χ1n) is 9.15. The highest BCUT2D eigenvalue weighted by molar-refractivity contribution is 7.99. The van der Waals surface area contributed by atoms with E-state index >= 15 is 0 Å². The Bertz CT molecular complexity index is 1100. The fraction of sp³-hybridized carbons (Fsp3) is 0.0870. The molecule has 0 spiro atoms. The normalized spacial score (nSPS) is 10.8. The van der Waals surface area contributed by atoms with Gasteiger partial charge in [0.15, 0.2) is 16.8 Å². The van der Waals surface area contributed by atoms with Gasteiger partial charge in [0, 0.05) is 11.1 Å². The SMILES string of the molecule is O=C(CSc1nnc(-c2ccc(F)cc2)n1Cc1ccccc1)c1ccccc1. The van der Waals surface area contributed by atoms with Crippen molar-refractivity contribution in [1.29, 1.82) is 0 Å². The predicted molar refractivity (Wildman–Crippen MR) is 112 cm³/mol. The molecule has 1 heterocycles. The smallest absolute Gasteiger partial charge is 0.192 e. The number of benzene rings is 3. The van der Waals surface area contributed by atoms with Crippen LogP contribution in [0.15, 0.2) is 90.1 Å². The van der Waals surface area contributed by atoms with Crippen molar-refractivity contribution in [1.82, 2.24) is 14.8 Å². The topological polar surface area (TPSA) is 47.8 Å². The Morgan fingerprint density at radius 1 is 0.862 bits per heavy atom. The maximum absolute atomic E-state index is 13.3. The molecule has 144 valence electrons. The summed E-state index contributed by atoms with van der Waals surface area (Å²) in [5.74, 6) is 0.642. The van der Waals surface area contributed by atoms with Crippen LogP contribution in [0.1, 0.15) is 15.9 Å². The van der Waals surface area contributed by atoms with Gasteiger partial charge in [0.2, 0.25) is 0 Å². The molecule has 0 aliphatic heterocycles. The van der Waals surface area contributed by atoms with Crippen molar-refractivity contribution in [3.63, 3.8) is 0 Å². The molecule has 4 aromatic rings. The first-order valence-corrected chi connectivity index (χ1v) is 10.1. The van der Waals surface area contributed by atoms with Crippen LogP contribution in [-0.4, -0.2) is 26.3 Å². The van der Waals surface area contributed by atoms with E-state index in [4.69, 9.17) is 0 Å². The summed E-state index contributed by atoms with van der Waals surface area (Å²) in [5.41, 5.74) is 2.54. The number of rotatable bonds is 7. The van der Waals surface area contributed by atoms with Gasteiger partial charge in [0.05, 0.1) is 12.3 Å². The lowest BCUT2D eigenvalue weighted by molar-refractivity contribution is 0.102. The summed E-state index contributed by atoms with van der Waals surface area (Å²) in [6.07, 6.45) is 0. The van der Waals surface area contributed by atoms with Gasteiger partial charge in [-0.2, -0.15) is 0 Å². The highest BCUT2D eigenvalue weighted by Crippen LogP contribution is 2.26. The van der Waals surface area contributed by atoms with Crippen molar-refractivity contribution >= 4 is 17.5 Å². The van der Waals surface area contributed by atoms with Gasteiger partial charge in [-0.05, 0) is 29.8 Å². The molecule has 0 amide bonds. The molecule has 0 bridgehead atoms. The van der Waals surface area contributed by atoms with Crippen LogP contribution in [-0.2, 0) is 6.54 Å². The summed E-state index contributed by atoms with van der Waals surface area (Å²) in [4.78, 5) is 12.5. The van der Waals surface area contributed by atoms with Gasteiger partial charge >= 0.3 is 0 Å². The second-order valence-electron chi connectivity index (χ2n) is 6.46. The Hall–Kier alpha value is -3.25. The van der Waals surface area contributed by atoms with E-state index in [9.17, 15) is 9.18 Å². The molecule has 4 rings (SSSR count). The molecular formula is C23H18FN3OS. The molecule has 0 aliphatic rings. The fourth-order valence-electron chi connectivity index (χ4n) is 2.95. The molecule has 29 heavy (non-hydrogen) atoms. The van der Waals surface area contributed by atoms with Gasteiger partial charge in [-0.3, -0.25) is 9.36 Å². The number of carbonyl (C=O) groups excluding carboxylic acids is 1. The second kappa shape index (κ2) is 8.84. The Labute approximate surface area is 172 Å². The largest absolute Gasteiger partial charge is 0.298 e. The minimum absolute atomic E-state index is 0.0354. The molecule has 0 radical (unpaired) electrons. The molecule has 0 aliphatic carbocycles. The highest BCUT2D eigenvalue weighted by atomic mass is 32.2. The number of nitrogens with zero attached hydrogens (tertiary/aromatic N) is 3. The molecule has 0 N–H and O–H groups in total. The highest BCUT2D eigenvalue weighted by Gasteiger charge is 2.16. The van der Waals surface area contributed by atoms with E-state index in [1.165, 1.54) is 23.9 Å². The first kappa shape index (κ1) is 19.1. The maximum atomic E-state index is 13.3. The van der Waals surface area contributed by atoms with E-state index in [1.807, 2.05) is 65.2 Å². The first-order chi connectivity index (χ1) is 14.2. The number of halogens is 1. The number of carbonyl (C=O) groups is 1. The summed E-state index contributed by atoms with van der Waals surface area (Å²) in [6, 6.07) is 25.3. The number of ketones is 1. The lowest BCUT2D eigenvalue weighted by Crippen LogP contribution is -2.07. The van der Waals surface area contributed by atoms with Crippen LogP contribution in [0.4, 0.5) is 4.39 Å². The van der Waals surface area contributed by atoms with Crippen molar-refractivity contribution in [2.24, 2.45) is 0 Å².